The molecule has 2 aromatic carbocycles. The Bertz CT molecular complexity index is 685. The summed E-state index contributed by atoms with van der Waals surface area (Å²) in [4.78, 5) is 22.8. The van der Waals surface area contributed by atoms with Crippen LogP contribution in [0.4, 0.5) is 5.69 Å². The SMILES string of the molecule is O=C(Nc1ccc(C(=O)O)c(Cl)c1)c1ccccc1O. The summed E-state index contributed by atoms with van der Waals surface area (Å²) < 4.78 is 0. The number of anilines is 1. The number of carboxylic acids is 1. The molecule has 0 aliphatic carbocycles. The Labute approximate surface area is 119 Å². The minimum Gasteiger partial charge on any atom is -0.507 e. The third-order valence-electron chi connectivity index (χ3n) is 2.61. The second kappa shape index (κ2) is 5.63. The predicted molar refractivity (Wildman–Crippen MR) is 74.5 cm³/mol. The van der Waals surface area contributed by atoms with Crippen molar-refractivity contribution in [2.24, 2.45) is 0 Å². The van der Waals surface area contributed by atoms with Gasteiger partial charge in [-0.05, 0) is 30.3 Å². The van der Waals surface area contributed by atoms with E-state index in [0.717, 1.165) is 0 Å². The van der Waals surface area contributed by atoms with Crippen molar-refractivity contribution in [2.75, 3.05) is 5.32 Å². The number of para-hydroxylation sites is 1. The number of carboxylic acid groups (broad SMARTS) is 1. The van der Waals surface area contributed by atoms with Crippen LogP contribution < -0.4 is 5.32 Å². The van der Waals surface area contributed by atoms with E-state index < -0.39 is 11.9 Å². The number of nitrogens with one attached hydrogen (secondary N) is 1. The fourth-order valence-electron chi connectivity index (χ4n) is 1.63. The molecule has 0 aromatic heterocycles. The second-order valence-corrected chi connectivity index (χ2v) is 4.38. The Hall–Kier alpha value is -2.53. The van der Waals surface area contributed by atoms with E-state index in [4.69, 9.17) is 16.7 Å². The number of phenolic OH excluding ortho intramolecular Hbond substituents is 1. The topological polar surface area (TPSA) is 86.6 Å². The fourth-order valence-corrected chi connectivity index (χ4v) is 1.89. The van der Waals surface area contributed by atoms with Crippen LogP contribution in [0, 0.1) is 0 Å². The van der Waals surface area contributed by atoms with Gasteiger partial charge in [0.25, 0.3) is 5.91 Å². The first-order chi connectivity index (χ1) is 9.49. The number of amides is 1. The van der Waals surface area contributed by atoms with E-state index in [0.29, 0.717) is 5.69 Å². The highest BCUT2D eigenvalue weighted by atomic mass is 35.5. The van der Waals surface area contributed by atoms with Gasteiger partial charge in [0.15, 0.2) is 0 Å². The average Bonchev–Trinajstić information content (AvgIpc) is 2.38. The standard InChI is InChI=1S/C14H10ClNO4/c15-11-7-8(5-6-9(11)14(19)20)16-13(18)10-3-1-2-4-12(10)17/h1-7,17H,(H,16,18)(H,19,20). The summed E-state index contributed by atoms with van der Waals surface area (Å²) in [6.45, 7) is 0. The smallest absolute Gasteiger partial charge is 0.337 e. The van der Waals surface area contributed by atoms with Crippen LogP contribution >= 0.6 is 11.6 Å². The van der Waals surface area contributed by atoms with E-state index in [1.165, 1.54) is 30.3 Å². The summed E-state index contributed by atoms with van der Waals surface area (Å²) in [7, 11) is 0. The van der Waals surface area contributed by atoms with Gasteiger partial charge in [0.2, 0.25) is 0 Å². The third kappa shape index (κ3) is 2.89. The molecule has 0 aliphatic heterocycles. The summed E-state index contributed by atoms with van der Waals surface area (Å²) in [6, 6.07) is 10.1. The van der Waals surface area contributed by atoms with Crippen molar-refractivity contribution in [2.45, 2.75) is 0 Å². The maximum Gasteiger partial charge on any atom is 0.337 e. The lowest BCUT2D eigenvalue weighted by atomic mass is 10.1. The molecule has 6 heteroatoms. The predicted octanol–water partition coefficient (Wildman–Crippen LogP) is 3.00. The maximum absolute atomic E-state index is 11.9. The largest absolute Gasteiger partial charge is 0.507 e. The Kier molecular flexibility index (Phi) is 3.91. The summed E-state index contributed by atoms with van der Waals surface area (Å²) in [6.07, 6.45) is 0. The molecule has 0 heterocycles. The van der Waals surface area contributed by atoms with Crippen molar-refractivity contribution in [3.8, 4) is 5.75 Å². The van der Waals surface area contributed by atoms with E-state index in [1.807, 2.05) is 0 Å². The monoisotopic (exact) mass is 291 g/mol. The molecule has 0 saturated heterocycles. The van der Waals surface area contributed by atoms with Crippen LogP contribution in [0.1, 0.15) is 20.7 Å². The number of aromatic hydroxyl groups is 1. The van der Waals surface area contributed by atoms with Crippen molar-refractivity contribution in [1.29, 1.82) is 0 Å². The molecule has 102 valence electrons. The molecule has 0 radical (unpaired) electrons. The molecular formula is C14H10ClNO4. The van der Waals surface area contributed by atoms with E-state index in [2.05, 4.69) is 5.32 Å². The molecule has 0 saturated carbocycles. The molecule has 3 N–H and O–H groups in total. The van der Waals surface area contributed by atoms with Crippen LogP contribution in [0.15, 0.2) is 42.5 Å². The number of rotatable bonds is 3. The van der Waals surface area contributed by atoms with Gasteiger partial charge in [-0.1, -0.05) is 23.7 Å². The highest BCUT2D eigenvalue weighted by Crippen LogP contribution is 2.23. The van der Waals surface area contributed by atoms with Gasteiger partial charge >= 0.3 is 5.97 Å². The molecule has 2 aromatic rings. The number of hydrogen-bond acceptors (Lipinski definition) is 3. The van der Waals surface area contributed by atoms with Gasteiger partial charge in [0.1, 0.15) is 5.75 Å². The highest BCUT2D eigenvalue weighted by molar-refractivity contribution is 6.33. The summed E-state index contributed by atoms with van der Waals surface area (Å²) in [5, 5.41) is 21.0. The molecule has 0 fully saturated rings. The average molecular weight is 292 g/mol. The number of hydrogen-bond donors (Lipinski definition) is 3. The van der Waals surface area contributed by atoms with Crippen molar-refractivity contribution < 1.29 is 19.8 Å². The number of carbonyl (C=O) groups is 2. The van der Waals surface area contributed by atoms with Crippen molar-refractivity contribution >= 4 is 29.2 Å². The number of phenols is 1. The Morgan fingerprint density at radius 1 is 1.05 bits per heavy atom. The molecule has 0 aliphatic rings. The molecule has 0 spiro atoms. The molecule has 20 heavy (non-hydrogen) atoms. The van der Waals surface area contributed by atoms with Crippen LogP contribution in [0.2, 0.25) is 5.02 Å². The number of aromatic carboxylic acids is 1. The number of halogens is 1. The Morgan fingerprint density at radius 2 is 1.75 bits per heavy atom. The van der Waals surface area contributed by atoms with Crippen LogP contribution in [0.5, 0.6) is 5.75 Å². The van der Waals surface area contributed by atoms with Crippen molar-refractivity contribution in [3.05, 3.63) is 58.6 Å². The zero-order valence-corrected chi connectivity index (χ0v) is 10.9. The van der Waals surface area contributed by atoms with Gasteiger partial charge in [0.05, 0.1) is 16.1 Å². The number of benzene rings is 2. The lowest BCUT2D eigenvalue weighted by Gasteiger charge is -2.08. The van der Waals surface area contributed by atoms with E-state index >= 15 is 0 Å². The van der Waals surface area contributed by atoms with Gasteiger partial charge < -0.3 is 15.5 Å². The Morgan fingerprint density at radius 3 is 2.35 bits per heavy atom. The molecule has 0 atom stereocenters. The molecule has 0 unspecified atom stereocenters. The molecule has 1 amide bonds. The van der Waals surface area contributed by atoms with Crippen LogP contribution in [-0.4, -0.2) is 22.1 Å². The summed E-state index contributed by atoms with van der Waals surface area (Å²) >= 11 is 5.80. The minimum atomic E-state index is -1.14. The van der Waals surface area contributed by atoms with Crippen molar-refractivity contribution in [1.82, 2.24) is 0 Å². The first-order valence-corrected chi connectivity index (χ1v) is 5.99. The minimum absolute atomic E-state index is 0.0209. The van der Waals surface area contributed by atoms with Gasteiger partial charge in [-0.15, -0.1) is 0 Å². The van der Waals surface area contributed by atoms with Gasteiger partial charge in [0, 0.05) is 5.69 Å². The fraction of sp³-hybridized carbons (Fsp3) is 0. The van der Waals surface area contributed by atoms with Gasteiger partial charge in [-0.25, -0.2) is 4.79 Å². The van der Waals surface area contributed by atoms with E-state index in [9.17, 15) is 14.7 Å². The molecule has 2 rings (SSSR count). The molecule has 0 bridgehead atoms. The zero-order valence-electron chi connectivity index (χ0n) is 10.1. The number of carbonyl (C=O) groups excluding carboxylic acids is 1. The quantitative estimate of drug-likeness (QED) is 0.811. The lowest BCUT2D eigenvalue weighted by Crippen LogP contribution is -2.12. The van der Waals surface area contributed by atoms with Crippen LogP contribution in [-0.2, 0) is 0 Å². The lowest BCUT2D eigenvalue weighted by molar-refractivity contribution is 0.0697. The third-order valence-corrected chi connectivity index (χ3v) is 2.92. The first-order valence-electron chi connectivity index (χ1n) is 5.61. The van der Waals surface area contributed by atoms with E-state index in [1.54, 1.807) is 12.1 Å². The van der Waals surface area contributed by atoms with Crippen molar-refractivity contribution in [3.63, 3.8) is 0 Å². The Balaban J connectivity index is 2.23. The van der Waals surface area contributed by atoms with E-state index in [-0.39, 0.29) is 21.9 Å². The van der Waals surface area contributed by atoms with Gasteiger partial charge in [-0.2, -0.15) is 0 Å². The first kappa shape index (κ1) is 13.9. The second-order valence-electron chi connectivity index (χ2n) is 3.97. The highest BCUT2D eigenvalue weighted by Gasteiger charge is 2.13. The van der Waals surface area contributed by atoms with Crippen LogP contribution in [0.3, 0.4) is 0 Å². The normalized spacial score (nSPS) is 10.1. The summed E-state index contributed by atoms with van der Waals surface area (Å²) in [5.74, 6) is -1.80. The maximum atomic E-state index is 11.9. The summed E-state index contributed by atoms with van der Waals surface area (Å²) in [5.41, 5.74) is 0.409. The van der Waals surface area contributed by atoms with Crippen LogP contribution in [0.25, 0.3) is 0 Å². The molecule has 5 nitrogen and oxygen atoms in total. The zero-order chi connectivity index (χ0) is 14.7. The van der Waals surface area contributed by atoms with Gasteiger partial charge in [-0.3, -0.25) is 4.79 Å². The molecular weight excluding hydrogens is 282 g/mol.